The number of carbonyl (C=O) groups is 1. The largest absolute Gasteiger partial charge is 0.494 e. The zero-order chi connectivity index (χ0) is 19.2. The first-order valence-corrected chi connectivity index (χ1v) is 10.4. The molecule has 4 nitrogen and oxygen atoms in total. The first-order valence-electron chi connectivity index (χ1n) is 9.37. The minimum Gasteiger partial charge on any atom is -0.494 e. The third-order valence-electron chi connectivity index (χ3n) is 4.67. The molecule has 2 aromatic rings. The van der Waals surface area contributed by atoms with Crippen LogP contribution in [0.2, 0.25) is 0 Å². The van der Waals surface area contributed by atoms with Crippen molar-refractivity contribution in [1.82, 2.24) is 0 Å². The number of Topliss-reactive ketones (excluding diaryl/α,β-unsaturated/α-hetero) is 1. The molecule has 0 N–H and O–H groups in total. The van der Waals surface area contributed by atoms with E-state index in [0.717, 1.165) is 35.3 Å². The van der Waals surface area contributed by atoms with Gasteiger partial charge in [0.1, 0.15) is 5.75 Å². The summed E-state index contributed by atoms with van der Waals surface area (Å²) in [5.41, 5.74) is 4.15. The number of benzene rings is 2. The highest BCUT2D eigenvalue weighted by molar-refractivity contribution is 8.14. The van der Waals surface area contributed by atoms with E-state index in [4.69, 9.17) is 9.73 Å². The molecule has 142 valence electrons. The number of thioether (sulfide) groups is 1. The minimum absolute atomic E-state index is 0.0767. The number of carbonyl (C=O) groups excluding carboxylic acids is 1. The van der Waals surface area contributed by atoms with Crippen LogP contribution >= 0.6 is 11.8 Å². The molecule has 0 atom stereocenters. The van der Waals surface area contributed by atoms with E-state index in [1.54, 1.807) is 11.8 Å². The van der Waals surface area contributed by atoms with Crippen molar-refractivity contribution in [2.45, 2.75) is 27.2 Å². The molecule has 0 bridgehead atoms. The summed E-state index contributed by atoms with van der Waals surface area (Å²) < 4.78 is 5.47. The van der Waals surface area contributed by atoms with Crippen molar-refractivity contribution >= 4 is 28.4 Å². The number of aliphatic imine (C=N–C) groups is 1. The van der Waals surface area contributed by atoms with Crippen molar-refractivity contribution in [2.75, 3.05) is 30.3 Å². The van der Waals surface area contributed by atoms with E-state index in [2.05, 4.69) is 30.9 Å². The van der Waals surface area contributed by atoms with Crippen LogP contribution in [0.25, 0.3) is 0 Å². The Balaban J connectivity index is 1.88. The van der Waals surface area contributed by atoms with Crippen molar-refractivity contribution in [3.05, 3.63) is 59.2 Å². The van der Waals surface area contributed by atoms with Crippen LogP contribution in [0.1, 0.15) is 34.8 Å². The van der Waals surface area contributed by atoms with Gasteiger partial charge < -0.3 is 9.64 Å². The molecule has 1 aliphatic heterocycles. The molecular formula is C22H26N2O2S. The minimum atomic E-state index is 0.0767. The van der Waals surface area contributed by atoms with Crippen molar-refractivity contribution in [3.8, 4) is 5.75 Å². The van der Waals surface area contributed by atoms with E-state index in [1.165, 1.54) is 11.1 Å². The fourth-order valence-electron chi connectivity index (χ4n) is 3.03. The lowest BCUT2D eigenvalue weighted by molar-refractivity contribution is 0.100. The van der Waals surface area contributed by atoms with Gasteiger partial charge in [-0.05, 0) is 68.7 Å². The SMILES string of the molecule is CCOc1ccc(C(=O)CN(C2=NCCCS2)c2cccc(C)c2C)cc1. The zero-order valence-corrected chi connectivity index (χ0v) is 17.0. The lowest BCUT2D eigenvalue weighted by Gasteiger charge is -2.29. The molecule has 0 amide bonds. The van der Waals surface area contributed by atoms with Gasteiger partial charge in [0.05, 0.1) is 13.2 Å². The number of anilines is 1. The van der Waals surface area contributed by atoms with Gasteiger partial charge in [-0.2, -0.15) is 0 Å². The van der Waals surface area contributed by atoms with Crippen molar-refractivity contribution in [2.24, 2.45) is 4.99 Å². The summed E-state index contributed by atoms with van der Waals surface area (Å²) in [5.74, 6) is 1.90. The molecule has 1 heterocycles. The number of amidine groups is 1. The van der Waals surface area contributed by atoms with E-state index < -0.39 is 0 Å². The highest BCUT2D eigenvalue weighted by Gasteiger charge is 2.22. The van der Waals surface area contributed by atoms with Crippen LogP contribution in [0.15, 0.2) is 47.5 Å². The zero-order valence-electron chi connectivity index (χ0n) is 16.2. The Morgan fingerprint density at radius 2 is 1.96 bits per heavy atom. The van der Waals surface area contributed by atoms with Gasteiger partial charge in [-0.3, -0.25) is 9.79 Å². The Bertz CT molecular complexity index is 831. The maximum atomic E-state index is 13.0. The molecule has 0 aliphatic carbocycles. The van der Waals surface area contributed by atoms with Gasteiger partial charge in [-0.25, -0.2) is 0 Å². The van der Waals surface area contributed by atoms with E-state index in [0.29, 0.717) is 12.2 Å². The van der Waals surface area contributed by atoms with E-state index in [-0.39, 0.29) is 12.3 Å². The molecule has 0 spiro atoms. The molecule has 27 heavy (non-hydrogen) atoms. The third-order valence-corrected chi connectivity index (χ3v) is 5.77. The molecule has 0 fully saturated rings. The Kier molecular flexibility index (Phi) is 6.56. The predicted molar refractivity (Wildman–Crippen MR) is 115 cm³/mol. The molecule has 3 rings (SSSR count). The molecule has 0 aromatic heterocycles. The second-order valence-electron chi connectivity index (χ2n) is 6.55. The summed E-state index contributed by atoms with van der Waals surface area (Å²) in [6.45, 7) is 7.87. The monoisotopic (exact) mass is 382 g/mol. The maximum Gasteiger partial charge on any atom is 0.182 e. The average Bonchev–Trinajstić information content (AvgIpc) is 2.70. The Hall–Kier alpha value is -2.27. The number of aryl methyl sites for hydroxylation is 1. The highest BCUT2D eigenvalue weighted by Crippen LogP contribution is 2.28. The van der Waals surface area contributed by atoms with Gasteiger partial charge in [0.15, 0.2) is 11.0 Å². The molecule has 0 radical (unpaired) electrons. The van der Waals surface area contributed by atoms with Crippen LogP contribution in [-0.2, 0) is 0 Å². The fraction of sp³-hybridized carbons (Fsp3) is 0.364. The number of rotatable bonds is 6. The fourth-order valence-corrected chi connectivity index (χ4v) is 3.99. The molecule has 0 saturated heterocycles. The lowest BCUT2D eigenvalue weighted by Crippen LogP contribution is -2.36. The van der Waals surface area contributed by atoms with Gasteiger partial charge in [0.25, 0.3) is 0 Å². The van der Waals surface area contributed by atoms with E-state index in [1.807, 2.05) is 37.3 Å². The van der Waals surface area contributed by atoms with Crippen LogP contribution < -0.4 is 9.64 Å². The van der Waals surface area contributed by atoms with Crippen LogP contribution in [0.3, 0.4) is 0 Å². The average molecular weight is 383 g/mol. The Morgan fingerprint density at radius 1 is 1.19 bits per heavy atom. The smallest absolute Gasteiger partial charge is 0.182 e. The van der Waals surface area contributed by atoms with Crippen molar-refractivity contribution < 1.29 is 9.53 Å². The summed E-state index contributed by atoms with van der Waals surface area (Å²) in [6, 6.07) is 13.6. The number of hydrogen-bond acceptors (Lipinski definition) is 5. The molecular weight excluding hydrogens is 356 g/mol. The number of ketones is 1. The predicted octanol–water partition coefficient (Wildman–Crippen LogP) is 4.88. The maximum absolute atomic E-state index is 13.0. The molecule has 1 aliphatic rings. The third kappa shape index (κ3) is 4.72. The normalized spacial score (nSPS) is 13.8. The number of hydrogen-bond donors (Lipinski definition) is 0. The summed E-state index contributed by atoms with van der Waals surface area (Å²) >= 11 is 1.73. The Morgan fingerprint density at radius 3 is 2.63 bits per heavy atom. The lowest BCUT2D eigenvalue weighted by atomic mass is 10.1. The van der Waals surface area contributed by atoms with E-state index >= 15 is 0 Å². The van der Waals surface area contributed by atoms with Crippen LogP contribution in [0.5, 0.6) is 5.75 Å². The van der Waals surface area contributed by atoms with Gasteiger partial charge >= 0.3 is 0 Å². The van der Waals surface area contributed by atoms with E-state index in [9.17, 15) is 4.79 Å². The number of ether oxygens (including phenoxy) is 1. The summed E-state index contributed by atoms with van der Waals surface area (Å²) in [7, 11) is 0. The van der Waals surface area contributed by atoms with Gasteiger partial charge in [0, 0.05) is 23.5 Å². The van der Waals surface area contributed by atoms with Crippen molar-refractivity contribution in [3.63, 3.8) is 0 Å². The van der Waals surface area contributed by atoms with Gasteiger partial charge in [-0.1, -0.05) is 23.9 Å². The molecule has 5 heteroatoms. The second kappa shape index (κ2) is 9.09. The Labute approximate surface area is 165 Å². The number of nitrogens with zero attached hydrogens (tertiary/aromatic N) is 2. The summed E-state index contributed by atoms with van der Waals surface area (Å²) in [6.07, 6.45) is 1.08. The first-order chi connectivity index (χ1) is 13.1. The summed E-state index contributed by atoms with van der Waals surface area (Å²) in [5, 5.41) is 0.939. The first kappa shape index (κ1) is 19.5. The van der Waals surface area contributed by atoms with Crippen molar-refractivity contribution in [1.29, 1.82) is 0 Å². The topological polar surface area (TPSA) is 41.9 Å². The molecule has 0 saturated carbocycles. The van der Waals surface area contributed by atoms with Gasteiger partial charge in [-0.15, -0.1) is 0 Å². The highest BCUT2D eigenvalue weighted by atomic mass is 32.2. The molecule has 0 unspecified atom stereocenters. The van der Waals surface area contributed by atoms with Gasteiger partial charge in [0.2, 0.25) is 0 Å². The van der Waals surface area contributed by atoms with Crippen LogP contribution in [0, 0.1) is 13.8 Å². The van der Waals surface area contributed by atoms with Crippen LogP contribution in [-0.4, -0.2) is 36.4 Å². The summed E-state index contributed by atoms with van der Waals surface area (Å²) in [4.78, 5) is 19.8. The molecule has 2 aromatic carbocycles. The van der Waals surface area contributed by atoms with Crippen LogP contribution in [0.4, 0.5) is 5.69 Å². The quantitative estimate of drug-likeness (QED) is 0.668. The second-order valence-corrected chi connectivity index (χ2v) is 7.61. The standard InChI is InChI=1S/C22H26N2O2S/c1-4-26-19-11-9-18(10-12-19)21(25)15-24(22-23-13-6-14-27-22)20-8-5-7-16(2)17(20)3/h5,7-12H,4,6,13-15H2,1-3H3.